The van der Waals surface area contributed by atoms with Gasteiger partial charge in [0.25, 0.3) is 0 Å². The largest absolute Gasteiger partial charge is 0.466 e. The third-order valence-electron chi connectivity index (χ3n) is 2.33. The van der Waals surface area contributed by atoms with Gasteiger partial charge < -0.3 is 4.74 Å². The Hall–Kier alpha value is -1.36. The van der Waals surface area contributed by atoms with E-state index in [4.69, 9.17) is 4.74 Å². The van der Waals surface area contributed by atoms with Crippen molar-refractivity contribution in [1.82, 2.24) is 9.38 Å². The first-order valence-electron chi connectivity index (χ1n) is 5.34. The number of fused-ring (bicyclic) bond motifs is 1. The number of nitrogens with zero attached hydrogens (tertiary/aromatic N) is 2. The maximum absolute atomic E-state index is 11.4. The standard InChI is InChI=1S/C11H14N2O2S/c1-3-8-6-13-9(5-10(14)15-4-2)7-16-11(13)12-8/h6-7H,3-5H2,1-2H3. The van der Waals surface area contributed by atoms with Gasteiger partial charge in [0, 0.05) is 17.3 Å². The van der Waals surface area contributed by atoms with Gasteiger partial charge in [0.1, 0.15) is 0 Å². The van der Waals surface area contributed by atoms with Crippen LogP contribution in [0.3, 0.4) is 0 Å². The van der Waals surface area contributed by atoms with Gasteiger partial charge in [0.2, 0.25) is 0 Å². The predicted molar refractivity (Wildman–Crippen MR) is 62.8 cm³/mol. The van der Waals surface area contributed by atoms with E-state index in [1.807, 2.05) is 22.9 Å². The third-order valence-corrected chi connectivity index (χ3v) is 3.22. The molecule has 2 aromatic heterocycles. The number of carbonyl (C=O) groups excluding carboxylic acids is 1. The molecular weight excluding hydrogens is 224 g/mol. The van der Waals surface area contributed by atoms with Crippen molar-refractivity contribution in [3.63, 3.8) is 0 Å². The van der Waals surface area contributed by atoms with Crippen LogP contribution in [0.2, 0.25) is 0 Å². The van der Waals surface area contributed by atoms with E-state index in [1.165, 1.54) is 0 Å². The minimum absolute atomic E-state index is 0.186. The molecule has 0 amide bonds. The molecule has 2 heterocycles. The fourth-order valence-corrected chi connectivity index (χ4v) is 2.43. The van der Waals surface area contributed by atoms with E-state index in [1.54, 1.807) is 11.3 Å². The molecule has 0 aliphatic heterocycles. The monoisotopic (exact) mass is 238 g/mol. The van der Waals surface area contributed by atoms with Crippen LogP contribution >= 0.6 is 11.3 Å². The van der Waals surface area contributed by atoms with Crippen LogP contribution in [0.15, 0.2) is 11.6 Å². The van der Waals surface area contributed by atoms with Gasteiger partial charge in [-0.3, -0.25) is 9.20 Å². The molecule has 0 fully saturated rings. The van der Waals surface area contributed by atoms with Crippen LogP contribution in [0.1, 0.15) is 25.2 Å². The van der Waals surface area contributed by atoms with Crippen LogP contribution in [0.5, 0.6) is 0 Å². The number of esters is 1. The molecule has 0 N–H and O–H groups in total. The van der Waals surface area contributed by atoms with Gasteiger partial charge in [0.05, 0.1) is 18.7 Å². The van der Waals surface area contributed by atoms with Crippen LogP contribution in [0.4, 0.5) is 0 Å². The maximum Gasteiger partial charge on any atom is 0.311 e. The summed E-state index contributed by atoms with van der Waals surface area (Å²) < 4.78 is 6.90. The van der Waals surface area contributed by atoms with Crippen molar-refractivity contribution < 1.29 is 9.53 Å². The van der Waals surface area contributed by atoms with Crippen molar-refractivity contribution in [1.29, 1.82) is 0 Å². The molecule has 2 rings (SSSR count). The van der Waals surface area contributed by atoms with Crippen LogP contribution in [-0.4, -0.2) is 22.0 Å². The Morgan fingerprint density at radius 2 is 2.38 bits per heavy atom. The maximum atomic E-state index is 11.4. The average molecular weight is 238 g/mol. The van der Waals surface area contributed by atoms with E-state index in [9.17, 15) is 4.79 Å². The number of rotatable bonds is 4. The number of carbonyl (C=O) groups is 1. The number of hydrogen-bond donors (Lipinski definition) is 0. The molecule has 0 bridgehead atoms. The summed E-state index contributed by atoms with van der Waals surface area (Å²) in [6.07, 6.45) is 3.21. The van der Waals surface area contributed by atoms with Crippen LogP contribution < -0.4 is 0 Å². The van der Waals surface area contributed by atoms with Crippen molar-refractivity contribution in [3.8, 4) is 0 Å². The number of aryl methyl sites for hydroxylation is 1. The zero-order valence-electron chi connectivity index (χ0n) is 9.40. The molecule has 0 radical (unpaired) electrons. The summed E-state index contributed by atoms with van der Waals surface area (Å²) in [5.41, 5.74) is 2.00. The quantitative estimate of drug-likeness (QED) is 0.766. The first-order chi connectivity index (χ1) is 7.74. The minimum Gasteiger partial charge on any atom is -0.466 e. The van der Waals surface area contributed by atoms with E-state index in [-0.39, 0.29) is 5.97 Å². The SMILES string of the molecule is CCOC(=O)Cc1csc2nc(CC)cn12. The highest BCUT2D eigenvalue weighted by molar-refractivity contribution is 7.15. The van der Waals surface area contributed by atoms with Crippen molar-refractivity contribution >= 4 is 22.3 Å². The van der Waals surface area contributed by atoms with Gasteiger partial charge in [-0.25, -0.2) is 4.98 Å². The smallest absolute Gasteiger partial charge is 0.311 e. The summed E-state index contributed by atoms with van der Waals surface area (Å²) in [5.74, 6) is -0.186. The first-order valence-corrected chi connectivity index (χ1v) is 6.22. The first kappa shape index (κ1) is 11.1. The zero-order valence-corrected chi connectivity index (χ0v) is 10.2. The molecule has 5 heteroatoms. The van der Waals surface area contributed by atoms with Crippen LogP contribution in [0.25, 0.3) is 4.96 Å². The van der Waals surface area contributed by atoms with Gasteiger partial charge in [0.15, 0.2) is 4.96 Å². The molecule has 0 spiro atoms. The van der Waals surface area contributed by atoms with Crippen LogP contribution in [-0.2, 0) is 22.4 Å². The molecule has 16 heavy (non-hydrogen) atoms. The van der Waals surface area contributed by atoms with Gasteiger partial charge in [-0.1, -0.05) is 6.92 Å². The lowest BCUT2D eigenvalue weighted by atomic mass is 10.3. The molecule has 0 unspecified atom stereocenters. The van der Waals surface area contributed by atoms with Crippen LogP contribution in [0, 0.1) is 0 Å². The summed E-state index contributed by atoms with van der Waals surface area (Å²) in [4.78, 5) is 16.8. The summed E-state index contributed by atoms with van der Waals surface area (Å²) in [6, 6.07) is 0. The molecule has 4 nitrogen and oxygen atoms in total. The van der Waals surface area contributed by atoms with E-state index in [2.05, 4.69) is 11.9 Å². The second-order valence-electron chi connectivity index (χ2n) is 3.45. The van der Waals surface area contributed by atoms with E-state index in [0.717, 1.165) is 22.8 Å². The zero-order chi connectivity index (χ0) is 11.5. The number of imidazole rings is 1. The highest BCUT2D eigenvalue weighted by Crippen LogP contribution is 2.17. The Morgan fingerprint density at radius 3 is 3.06 bits per heavy atom. The Balaban J connectivity index is 2.23. The fourth-order valence-electron chi connectivity index (χ4n) is 1.53. The molecule has 0 saturated heterocycles. The Morgan fingerprint density at radius 1 is 1.56 bits per heavy atom. The lowest BCUT2D eigenvalue weighted by molar-refractivity contribution is -0.142. The van der Waals surface area contributed by atoms with E-state index < -0.39 is 0 Å². The fraction of sp³-hybridized carbons (Fsp3) is 0.455. The molecule has 0 aromatic carbocycles. The minimum atomic E-state index is -0.186. The van der Waals surface area contributed by atoms with E-state index >= 15 is 0 Å². The normalized spacial score (nSPS) is 10.9. The third kappa shape index (κ3) is 2.09. The van der Waals surface area contributed by atoms with E-state index in [0.29, 0.717) is 13.0 Å². The Labute approximate surface area is 97.9 Å². The topological polar surface area (TPSA) is 43.6 Å². The molecule has 86 valence electrons. The molecule has 0 atom stereocenters. The van der Waals surface area contributed by atoms with Crippen molar-refractivity contribution in [2.24, 2.45) is 0 Å². The predicted octanol–water partition coefficient (Wildman–Crippen LogP) is 2.06. The van der Waals surface area contributed by atoms with Gasteiger partial charge in [-0.2, -0.15) is 0 Å². The lowest BCUT2D eigenvalue weighted by Crippen LogP contribution is -2.08. The number of thiazole rings is 1. The summed E-state index contributed by atoms with van der Waals surface area (Å²) in [7, 11) is 0. The van der Waals surface area contributed by atoms with Gasteiger partial charge in [-0.05, 0) is 13.3 Å². The summed E-state index contributed by atoms with van der Waals surface area (Å²) in [5, 5.41) is 1.96. The second-order valence-corrected chi connectivity index (χ2v) is 4.28. The molecule has 0 saturated carbocycles. The molecule has 2 aromatic rings. The summed E-state index contributed by atoms with van der Waals surface area (Å²) >= 11 is 1.55. The average Bonchev–Trinajstić information content (AvgIpc) is 2.80. The number of hydrogen-bond acceptors (Lipinski definition) is 4. The number of aromatic nitrogens is 2. The summed E-state index contributed by atoms with van der Waals surface area (Å²) in [6.45, 7) is 4.31. The van der Waals surface area contributed by atoms with Crippen molar-refractivity contribution in [2.45, 2.75) is 26.7 Å². The molecular formula is C11H14N2O2S. The molecule has 0 aliphatic rings. The molecule has 0 aliphatic carbocycles. The second kappa shape index (κ2) is 4.65. The van der Waals surface area contributed by atoms with Crippen molar-refractivity contribution in [2.75, 3.05) is 6.61 Å². The highest BCUT2D eigenvalue weighted by atomic mass is 32.1. The number of ether oxygens (including phenoxy) is 1. The Bertz CT molecular complexity index is 501. The lowest BCUT2D eigenvalue weighted by Gasteiger charge is -2.00. The Kier molecular flexibility index (Phi) is 3.24. The highest BCUT2D eigenvalue weighted by Gasteiger charge is 2.11. The van der Waals surface area contributed by atoms with Crippen molar-refractivity contribution in [3.05, 3.63) is 23.0 Å². The van der Waals surface area contributed by atoms with Gasteiger partial charge >= 0.3 is 5.97 Å². The van der Waals surface area contributed by atoms with Gasteiger partial charge in [-0.15, -0.1) is 11.3 Å².